The van der Waals surface area contributed by atoms with Crippen LogP contribution in [0.1, 0.15) is 19.7 Å². The second-order valence-corrected chi connectivity index (χ2v) is 3.61. The fourth-order valence-corrected chi connectivity index (χ4v) is 1.24. The van der Waals surface area contributed by atoms with Gasteiger partial charge in [-0.25, -0.2) is 19.9 Å². The first-order chi connectivity index (χ1) is 7.66. The number of nitrogens with two attached hydrogens (primary N) is 1. The summed E-state index contributed by atoms with van der Waals surface area (Å²) in [7, 11) is 0. The Labute approximate surface area is 92.9 Å². The molecule has 0 aromatic carbocycles. The number of fused-ring (bicyclic) bond motifs is 1. The Kier molecular flexibility index (Phi) is 2.91. The number of nitrogens with zero attached hydrogens (tertiary/aromatic N) is 4. The molecule has 0 spiro atoms. The van der Waals surface area contributed by atoms with Crippen molar-refractivity contribution in [3.63, 3.8) is 0 Å². The smallest absolute Gasteiger partial charge is 0.183 e. The van der Waals surface area contributed by atoms with E-state index in [-0.39, 0.29) is 6.10 Å². The van der Waals surface area contributed by atoms with E-state index >= 15 is 0 Å². The highest BCUT2D eigenvalue weighted by Crippen LogP contribution is 2.12. The van der Waals surface area contributed by atoms with E-state index in [2.05, 4.69) is 19.9 Å². The molecule has 0 aliphatic carbocycles. The van der Waals surface area contributed by atoms with Gasteiger partial charge in [0.25, 0.3) is 0 Å². The number of rotatable bonds is 3. The van der Waals surface area contributed by atoms with E-state index in [1.54, 1.807) is 12.4 Å². The molecule has 2 heterocycles. The van der Waals surface area contributed by atoms with Crippen LogP contribution in [0.15, 0.2) is 12.4 Å². The van der Waals surface area contributed by atoms with Crippen LogP contribution in [0, 0.1) is 0 Å². The van der Waals surface area contributed by atoms with Gasteiger partial charge in [0.05, 0.1) is 6.10 Å². The lowest BCUT2D eigenvalue weighted by molar-refractivity contribution is 0.0615. The van der Waals surface area contributed by atoms with Gasteiger partial charge in [-0.2, -0.15) is 0 Å². The van der Waals surface area contributed by atoms with Gasteiger partial charge in [-0.3, -0.25) is 0 Å². The van der Waals surface area contributed by atoms with Gasteiger partial charge >= 0.3 is 0 Å². The van der Waals surface area contributed by atoms with Crippen LogP contribution in [0.4, 0.5) is 5.82 Å². The maximum Gasteiger partial charge on any atom is 0.183 e. The minimum absolute atomic E-state index is 0.127. The van der Waals surface area contributed by atoms with Crippen molar-refractivity contribution in [1.29, 1.82) is 0 Å². The average Bonchev–Trinajstić information content (AvgIpc) is 2.26. The predicted molar refractivity (Wildman–Crippen MR) is 59.5 cm³/mol. The Balaban J connectivity index is 2.34. The minimum Gasteiger partial charge on any atom is -0.382 e. The molecule has 0 bridgehead atoms. The predicted octanol–water partition coefficient (Wildman–Crippen LogP) is 0.927. The van der Waals surface area contributed by atoms with Gasteiger partial charge in [-0.05, 0) is 13.8 Å². The third kappa shape index (κ3) is 2.22. The summed E-state index contributed by atoms with van der Waals surface area (Å²) in [5.41, 5.74) is 6.78. The number of anilines is 1. The minimum atomic E-state index is 0.127. The number of hydrogen-bond acceptors (Lipinski definition) is 6. The topological polar surface area (TPSA) is 86.8 Å². The quantitative estimate of drug-likeness (QED) is 0.826. The van der Waals surface area contributed by atoms with Crippen molar-refractivity contribution in [3.8, 4) is 0 Å². The van der Waals surface area contributed by atoms with Crippen LogP contribution in [-0.4, -0.2) is 26.0 Å². The second-order valence-electron chi connectivity index (χ2n) is 3.61. The lowest BCUT2D eigenvalue weighted by Gasteiger charge is -2.07. The van der Waals surface area contributed by atoms with E-state index in [4.69, 9.17) is 10.5 Å². The summed E-state index contributed by atoms with van der Waals surface area (Å²) in [5.74, 6) is 0.861. The van der Waals surface area contributed by atoms with E-state index < -0.39 is 0 Å². The average molecular weight is 219 g/mol. The normalized spacial score (nSPS) is 11.2. The van der Waals surface area contributed by atoms with E-state index in [1.165, 1.54) is 0 Å². The molecule has 0 amide bonds. The van der Waals surface area contributed by atoms with Crippen LogP contribution in [-0.2, 0) is 11.3 Å². The van der Waals surface area contributed by atoms with Gasteiger partial charge in [-0.1, -0.05) is 0 Å². The maximum atomic E-state index is 5.75. The van der Waals surface area contributed by atoms with Crippen molar-refractivity contribution < 1.29 is 4.74 Å². The first-order valence-corrected chi connectivity index (χ1v) is 5.01. The van der Waals surface area contributed by atoms with Crippen molar-refractivity contribution in [2.24, 2.45) is 0 Å². The van der Waals surface area contributed by atoms with Crippen molar-refractivity contribution in [2.75, 3.05) is 5.73 Å². The Morgan fingerprint density at radius 3 is 2.75 bits per heavy atom. The molecule has 16 heavy (non-hydrogen) atoms. The number of hydrogen-bond donors (Lipinski definition) is 1. The third-order valence-corrected chi connectivity index (χ3v) is 1.95. The van der Waals surface area contributed by atoms with Crippen molar-refractivity contribution >= 4 is 17.0 Å². The zero-order chi connectivity index (χ0) is 11.5. The van der Waals surface area contributed by atoms with Gasteiger partial charge in [0.15, 0.2) is 17.3 Å². The largest absolute Gasteiger partial charge is 0.382 e. The molecule has 0 saturated carbocycles. The molecule has 2 N–H and O–H groups in total. The molecular weight excluding hydrogens is 206 g/mol. The first-order valence-electron chi connectivity index (χ1n) is 5.01. The molecular formula is C10H13N5O. The second kappa shape index (κ2) is 4.36. The summed E-state index contributed by atoms with van der Waals surface area (Å²) < 4.78 is 5.40. The molecule has 0 atom stereocenters. The van der Waals surface area contributed by atoms with E-state index in [0.29, 0.717) is 29.4 Å². The first kappa shape index (κ1) is 10.7. The SMILES string of the molecule is CC(C)OCc1nc(N)c2nccnc2n1. The van der Waals surface area contributed by atoms with E-state index in [9.17, 15) is 0 Å². The molecule has 0 aliphatic heterocycles. The maximum absolute atomic E-state index is 5.75. The highest BCUT2D eigenvalue weighted by Gasteiger charge is 2.07. The number of nitrogen functional groups attached to an aromatic ring is 1. The van der Waals surface area contributed by atoms with Gasteiger partial charge < -0.3 is 10.5 Å². The van der Waals surface area contributed by atoms with Gasteiger partial charge in [0, 0.05) is 12.4 Å². The fourth-order valence-electron chi connectivity index (χ4n) is 1.24. The summed E-state index contributed by atoms with van der Waals surface area (Å²) in [5, 5.41) is 0. The third-order valence-electron chi connectivity index (χ3n) is 1.95. The lowest BCUT2D eigenvalue weighted by Crippen LogP contribution is -2.08. The van der Waals surface area contributed by atoms with Crippen molar-refractivity contribution in [3.05, 3.63) is 18.2 Å². The van der Waals surface area contributed by atoms with Crippen molar-refractivity contribution in [1.82, 2.24) is 19.9 Å². The summed E-state index contributed by atoms with van der Waals surface area (Å²) in [6.45, 7) is 4.23. The highest BCUT2D eigenvalue weighted by molar-refractivity contribution is 5.80. The molecule has 2 aromatic rings. The van der Waals surface area contributed by atoms with Crippen LogP contribution in [0.25, 0.3) is 11.2 Å². The van der Waals surface area contributed by atoms with Gasteiger partial charge in [0.2, 0.25) is 0 Å². The monoisotopic (exact) mass is 219 g/mol. The van der Waals surface area contributed by atoms with Crippen molar-refractivity contribution in [2.45, 2.75) is 26.6 Å². The molecule has 6 nitrogen and oxygen atoms in total. The molecule has 84 valence electrons. The summed E-state index contributed by atoms with van der Waals surface area (Å²) in [6.07, 6.45) is 3.26. The van der Waals surface area contributed by atoms with E-state index in [1.807, 2.05) is 13.8 Å². The molecule has 0 aliphatic rings. The Bertz CT molecular complexity index is 500. The summed E-state index contributed by atoms with van der Waals surface area (Å²) in [4.78, 5) is 16.5. The lowest BCUT2D eigenvalue weighted by atomic mass is 10.4. The Morgan fingerprint density at radius 2 is 2.00 bits per heavy atom. The van der Waals surface area contributed by atoms with Crippen LogP contribution in [0.2, 0.25) is 0 Å². The zero-order valence-corrected chi connectivity index (χ0v) is 9.21. The summed E-state index contributed by atoms with van der Waals surface area (Å²) >= 11 is 0. The van der Waals surface area contributed by atoms with Gasteiger partial charge in [0.1, 0.15) is 12.1 Å². The van der Waals surface area contributed by atoms with Gasteiger partial charge in [-0.15, -0.1) is 0 Å². The molecule has 0 unspecified atom stereocenters. The molecule has 0 saturated heterocycles. The fraction of sp³-hybridized carbons (Fsp3) is 0.400. The molecule has 6 heteroatoms. The van der Waals surface area contributed by atoms with Crippen LogP contribution >= 0.6 is 0 Å². The molecule has 0 radical (unpaired) electrons. The van der Waals surface area contributed by atoms with Crippen LogP contribution in [0.3, 0.4) is 0 Å². The molecule has 2 rings (SSSR count). The standard InChI is InChI=1S/C10H13N5O/c1-6(2)16-5-7-14-9(11)8-10(15-7)13-4-3-12-8/h3-4,6H,5H2,1-2H3,(H2,11,13,14,15). The highest BCUT2D eigenvalue weighted by atomic mass is 16.5. The zero-order valence-electron chi connectivity index (χ0n) is 9.21. The summed E-state index contributed by atoms with van der Waals surface area (Å²) in [6, 6.07) is 0. The van der Waals surface area contributed by atoms with Crippen LogP contribution in [0.5, 0.6) is 0 Å². The van der Waals surface area contributed by atoms with Crippen LogP contribution < -0.4 is 5.73 Å². The number of aromatic nitrogens is 4. The Morgan fingerprint density at radius 1 is 1.25 bits per heavy atom. The number of ether oxygens (including phenoxy) is 1. The molecule has 2 aromatic heterocycles. The Hall–Kier alpha value is -1.82. The molecule has 0 fully saturated rings. The van der Waals surface area contributed by atoms with E-state index in [0.717, 1.165) is 0 Å².